The number of amides is 2. The van der Waals surface area contributed by atoms with Crippen molar-refractivity contribution in [3.63, 3.8) is 0 Å². The molecule has 1 aliphatic rings. The van der Waals surface area contributed by atoms with Crippen molar-refractivity contribution in [1.82, 2.24) is 19.8 Å². The van der Waals surface area contributed by atoms with E-state index in [1.807, 2.05) is 48.0 Å². The summed E-state index contributed by atoms with van der Waals surface area (Å²) < 4.78 is 12.8. The van der Waals surface area contributed by atoms with E-state index in [2.05, 4.69) is 22.4 Å². The smallest absolute Gasteiger partial charge is 0.317 e. The fourth-order valence-electron chi connectivity index (χ4n) is 3.23. The molecule has 0 aliphatic carbocycles. The van der Waals surface area contributed by atoms with E-state index in [0.717, 1.165) is 29.2 Å². The van der Waals surface area contributed by atoms with Crippen molar-refractivity contribution in [3.8, 4) is 11.5 Å². The Hall–Kier alpha value is -3.48. The van der Waals surface area contributed by atoms with Crippen molar-refractivity contribution in [2.75, 3.05) is 13.3 Å². The number of aromatic nitrogens is 2. The Morgan fingerprint density at radius 2 is 1.86 bits per heavy atom. The first kappa shape index (κ1) is 18.9. The fraction of sp³-hybridized carbons (Fsp3) is 0.273. The maximum atomic E-state index is 12.6. The van der Waals surface area contributed by atoms with Gasteiger partial charge in [0.15, 0.2) is 11.5 Å². The average molecular weight is 392 g/mol. The maximum Gasteiger partial charge on any atom is 0.317 e. The first-order chi connectivity index (χ1) is 14.2. The second-order valence-corrected chi connectivity index (χ2v) is 6.91. The normalized spacial score (nSPS) is 12.0. The molecule has 150 valence electrons. The second-order valence-electron chi connectivity index (χ2n) is 6.91. The van der Waals surface area contributed by atoms with Gasteiger partial charge in [-0.2, -0.15) is 0 Å². The number of rotatable bonds is 7. The summed E-state index contributed by atoms with van der Waals surface area (Å²) in [4.78, 5) is 18.4. The van der Waals surface area contributed by atoms with Gasteiger partial charge in [-0.25, -0.2) is 9.78 Å². The Morgan fingerprint density at radius 3 is 2.62 bits per heavy atom. The van der Waals surface area contributed by atoms with Crippen LogP contribution in [0.15, 0.2) is 61.2 Å². The van der Waals surface area contributed by atoms with E-state index < -0.39 is 0 Å². The van der Waals surface area contributed by atoms with Gasteiger partial charge in [0.1, 0.15) is 0 Å². The van der Waals surface area contributed by atoms with Gasteiger partial charge in [-0.15, -0.1) is 0 Å². The number of hydrogen-bond acceptors (Lipinski definition) is 4. The van der Waals surface area contributed by atoms with Crippen LogP contribution in [0.5, 0.6) is 11.5 Å². The van der Waals surface area contributed by atoms with Gasteiger partial charge in [-0.05, 0) is 35.7 Å². The molecule has 4 rings (SSSR count). The zero-order valence-electron chi connectivity index (χ0n) is 16.4. The molecule has 2 heterocycles. The molecule has 7 heteroatoms. The van der Waals surface area contributed by atoms with E-state index >= 15 is 0 Å². The van der Waals surface area contributed by atoms with Gasteiger partial charge in [0.2, 0.25) is 6.79 Å². The lowest BCUT2D eigenvalue weighted by molar-refractivity contribution is 0.173. The molecule has 0 radical (unpaired) electrons. The number of nitrogens with zero attached hydrogens (tertiary/aromatic N) is 3. The summed E-state index contributed by atoms with van der Waals surface area (Å²) in [5.41, 5.74) is 3.26. The van der Waals surface area contributed by atoms with Crippen LogP contribution in [0.4, 0.5) is 4.79 Å². The van der Waals surface area contributed by atoms with Crippen LogP contribution in [0.2, 0.25) is 0 Å². The van der Waals surface area contributed by atoms with E-state index in [9.17, 15) is 4.79 Å². The third kappa shape index (κ3) is 4.68. The summed E-state index contributed by atoms with van der Waals surface area (Å²) in [5, 5.41) is 3.00. The van der Waals surface area contributed by atoms with Crippen molar-refractivity contribution in [2.24, 2.45) is 0 Å². The molecule has 0 unspecified atom stereocenters. The highest BCUT2D eigenvalue weighted by Gasteiger charge is 2.16. The number of hydrogen-bond donors (Lipinski definition) is 1. The van der Waals surface area contributed by atoms with Crippen LogP contribution in [0.25, 0.3) is 0 Å². The lowest BCUT2D eigenvalue weighted by Gasteiger charge is -2.21. The molecule has 0 saturated carbocycles. The predicted molar refractivity (Wildman–Crippen MR) is 109 cm³/mol. The molecule has 0 saturated heterocycles. The first-order valence-corrected chi connectivity index (χ1v) is 9.66. The third-order valence-electron chi connectivity index (χ3n) is 4.87. The zero-order valence-corrected chi connectivity index (χ0v) is 16.4. The second kappa shape index (κ2) is 8.68. The van der Waals surface area contributed by atoms with Crippen LogP contribution in [0.1, 0.15) is 23.6 Å². The van der Waals surface area contributed by atoms with E-state index in [0.29, 0.717) is 19.6 Å². The Balaban J connectivity index is 1.30. The number of fused-ring (bicyclic) bond motifs is 1. The molecule has 2 amide bonds. The Labute approximate surface area is 169 Å². The molecule has 0 fully saturated rings. The number of ether oxygens (including phenoxy) is 2. The topological polar surface area (TPSA) is 68.6 Å². The largest absolute Gasteiger partial charge is 0.454 e. The highest BCUT2D eigenvalue weighted by atomic mass is 16.7. The number of carbonyl (C=O) groups is 1. The Morgan fingerprint density at radius 1 is 1.10 bits per heavy atom. The highest BCUT2D eigenvalue weighted by Crippen LogP contribution is 2.32. The molecule has 2 aromatic carbocycles. The summed E-state index contributed by atoms with van der Waals surface area (Å²) in [7, 11) is 0. The minimum atomic E-state index is -0.0901. The van der Waals surface area contributed by atoms with Gasteiger partial charge >= 0.3 is 6.03 Å². The fourth-order valence-corrected chi connectivity index (χ4v) is 3.23. The quantitative estimate of drug-likeness (QED) is 0.669. The van der Waals surface area contributed by atoms with E-state index in [1.54, 1.807) is 17.4 Å². The molecule has 0 spiro atoms. The van der Waals surface area contributed by atoms with Crippen LogP contribution in [-0.2, 0) is 19.6 Å². The lowest BCUT2D eigenvalue weighted by Crippen LogP contribution is -2.39. The van der Waals surface area contributed by atoms with Crippen molar-refractivity contribution in [1.29, 1.82) is 0 Å². The molecular formula is C22H24N4O3. The Kier molecular flexibility index (Phi) is 5.65. The third-order valence-corrected chi connectivity index (χ3v) is 4.87. The van der Waals surface area contributed by atoms with Gasteiger partial charge in [-0.1, -0.05) is 30.3 Å². The first-order valence-electron chi connectivity index (χ1n) is 9.66. The zero-order chi connectivity index (χ0) is 20.1. The summed E-state index contributed by atoms with van der Waals surface area (Å²) in [6, 6.07) is 13.9. The molecule has 0 atom stereocenters. The number of imidazole rings is 1. The highest BCUT2D eigenvalue weighted by molar-refractivity contribution is 5.74. The van der Waals surface area contributed by atoms with Crippen molar-refractivity contribution >= 4 is 6.03 Å². The van der Waals surface area contributed by atoms with E-state index in [4.69, 9.17) is 9.47 Å². The van der Waals surface area contributed by atoms with Crippen LogP contribution in [0.3, 0.4) is 0 Å². The standard InChI is InChI=1S/C22H24N4O3/c1-2-26(14-19-7-8-20-21(11-19)29-16-28-20)22(27)24-12-17-3-5-18(6-4-17)13-25-10-9-23-15-25/h3-11,15H,2,12-14,16H2,1H3,(H,24,27). The molecule has 3 aromatic rings. The van der Waals surface area contributed by atoms with Crippen LogP contribution in [0, 0.1) is 0 Å². The van der Waals surface area contributed by atoms with Crippen molar-refractivity contribution in [3.05, 3.63) is 77.9 Å². The number of urea groups is 1. The molecule has 1 aromatic heterocycles. The SMILES string of the molecule is CCN(Cc1ccc2c(c1)OCO2)C(=O)NCc1ccc(Cn2ccnc2)cc1. The number of benzene rings is 2. The number of nitrogens with one attached hydrogen (secondary N) is 1. The van der Waals surface area contributed by atoms with Crippen molar-refractivity contribution < 1.29 is 14.3 Å². The molecule has 1 aliphatic heterocycles. The minimum Gasteiger partial charge on any atom is -0.454 e. The van der Waals surface area contributed by atoms with Gasteiger partial charge < -0.3 is 24.3 Å². The molecule has 29 heavy (non-hydrogen) atoms. The molecule has 7 nitrogen and oxygen atoms in total. The summed E-state index contributed by atoms with van der Waals surface area (Å²) in [6.45, 7) is 4.62. The van der Waals surface area contributed by atoms with E-state index in [1.165, 1.54) is 5.56 Å². The van der Waals surface area contributed by atoms with Crippen LogP contribution >= 0.6 is 0 Å². The number of carbonyl (C=O) groups excluding carboxylic acids is 1. The summed E-state index contributed by atoms with van der Waals surface area (Å²) in [5.74, 6) is 1.48. The van der Waals surface area contributed by atoms with Gasteiger partial charge in [0.05, 0.1) is 6.33 Å². The maximum absolute atomic E-state index is 12.6. The van der Waals surface area contributed by atoms with E-state index in [-0.39, 0.29) is 12.8 Å². The van der Waals surface area contributed by atoms with Crippen molar-refractivity contribution in [2.45, 2.75) is 26.6 Å². The van der Waals surface area contributed by atoms with Gasteiger partial charge in [0.25, 0.3) is 0 Å². The summed E-state index contributed by atoms with van der Waals surface area (Å²) in [6.07, 6.45) is 5.51. The summed E-state index contributed by atoms with van der Waals surface area (Å²) >= 11 is 0. The molecular weight excluding hydrogens is 368 g/mol. The van der Waals surface area contributed by atoms with Gasteiger partial charge in [-0.3, -0.25) is 0 Å². The average Bonchev–Trinajstić information content (AvgIpc) is 3.42. The monoisotopic (exact) mass is 392 g/mol. The minimum absolute atomic E-state index is 0.0901. The predicted octanol–water partition coefficient (Wildman–Crippen LogP) is 3.39. The van der Waals surface area contributed by atoms with Crippen LogP contribution in [-0.4, -0.2) is 33.8 Å². The van der Waals surface area contributed by atoms with Gasteiger partial charge in [0, 0.05) is 38.6 Å². The van der Waals surface area contributed by atoms with Crippen LogP contribution < -0.4 is 14.8 Å². The Bertz CT molecular complexity index is 955. The lowest BCUT2D eigenvalue weighted by atomic mass is 10.1. The molecule has 0 bridgehead atoms. The molecule has 1 N–H and O–H groups in total.